The zero-order valence-corrected chi connectivity index (χ0v) is 9.88. The van der Waals surface area contributed by atoms with E-state index < -0.39 is 6.03 Å². The van der Waals surface area contributed by atoms with Crippen molar-refractivity contribution in [1.29, 1.82) is 0 Å². The number of hydrogen-bond acceptors (Lipinski definition) is 4. The van der Waals surface area contributed by atoms with Gasteiger partial charge in [0, 0.05) is 32.2 Å². The first kappa shape index (κ1) is 12.9. The monoisotopic (exact) mass is 228 g/mol. The molecule has 0 aromatic rings. The van der Waals surface area contributed by atoms with Crippen LogP contribution < -0.4 is 16.0 Å². The van der Waals surface area contributed by atoms with Crippen molar-refractivity contribution < 1.29 is 9.59 Å². The molecule has 0 bridgehead atoms. The first-order valence-corrected chi connectivity index (χ1v) is 5.65. The Morgan fingerprint density at radius 3 is 2.88 bits per heavy atom. The number of urea groups is 1. The molecule has 16 heavy (non-hydrogen) atoms. The van der Waals surface area contributed by atoms with Crippen molar-refractivity contribution in [3.8, 4) is 0 Å². The highest BCUT2D eigenvalue weighted by Crippen LogP contribution is 1.97. The van der Waals surface area contributed by atoms with Crippen LogP contribution in [0, 0.1) is 0 Å². The summed E-state index contributed by atoms with van der Waals surface area (Å²) in [5.74, 6) is -0.250. The Hall–Kier alpha value is -1.14. The van der Waals surface area contributed by atoms with Crippen LogP contribution in [0.3, 0.4) is 0 Å². The van der Waals surface area contributed by atoms with Crippen LogP contribution in [0.1, 0.15) is 13.8 Å². The number of carbonyl (C=O) groups is 2. The summed E-state index contributed by atoms with van der Waals surface area (Å²) in [5, 5.41) is 8.11. The number of amides is 3. The van der Waals surface area contributed by atoms with Crippen LogP contribution in [0.5, 0.6) is 0 Å². The Kier molecular flexibility index (Phi) is 5.21. The lowest BCUT2D eigenvalue weighted by Gasteiger charge is -2.31. The van der Waals surface area contributed by atoms with Gasteiger partial charge in [-0.2, -0.15) is 0 Å². The highest BCUT2D eigenvalue weighted by molar-refractivity contribution is 5.95. The molecule has 1 aliphatic rings. The van der Waals surface area contributed by atoms with E-state index in [4.69, 9.17) is 0 Å². The van der Waals surface area contributed by atoms with E-state index in [1.165, 1.54) is 0 Å². The summed E-state index contributed by atoms with van der Waals surface area (Å²) in [6, 6.07) is -0.0262. The topological polar surface area (TPSA) is 73.5 Å². The van der Waals surface area contributed by atoms with Crippen molar-refractivity contribution in [1.82, 2.24) is 20.9 Å². The van der Waals surface area contributed by atoms with Crippen molar-refractivity contribution in [2.75, 3.05) is 32.7 Å². The van der Waals surface area contributed by atoms with E-state index in [-0.39, 0.29) is 12.5 Å². The van der Waals surface area contributed by atoms with Gasteiger partial charge in [0.25, 0.3) is 0 Å². The first-order valence-electron chi connectivity index (χ1n) is 5.65. The van der Waals surface area contributed by atoms with Gasteiger partial charge in [-0.1, -0.05) is 0 Å². The molecule has 1 fully saturated rings. The molecular formula is C10H20N4O2. The molecule has 0 unspecified atom stereocenters. The Bertz CT molecular complexity index is 257. The van der Waals surface area contributed by atoms with Crippen LogP contribution in [0.4, 0.5) is 4.79 Å². The molecule has 1 saturated heterocycles. The van der Waals surface area contributed by atoms with Gasteiger partial charge in [-0.25, -0.2) is 4.79 Å². The number of nitrogens with one attached hydrogen (secondary N) is 3. The van der Waals surface area contributed by atoms with Crippen LogP contribution in [-0.2, 0) is 4.79 Å². The van der Waals surface area contributed by atoms with Gasteiger partial charge < -0.3 is 10.6 Å². The average molecular weight is 228 g/mol. The van der Waals surface area contributed by atoms with E-state index in [9.17, 15) is 9.59 Å². The van der Waals surface area contributed by atoms with E-state index in [1.807, 2.05) is 11.8 Å². The van der Waals surface area contributed by atoms with E-state index in [0.29, 0.717) is 12.6 Å². The Morgan fingerprint density at radius 1 is 1.50 bits per heavy atom. The van der Waals surface area contributed by atoms with Gasteiger partial charge in [-0.15, -0.1) is 0 Å². The van der Waals surface area contributed by atoms with E-state index in [2.05, 4.69) is 22.9 Å². The minimum absolute atomic E-state index is 0.250. The lowest BCUT2D eigenvalue weighted by Crippen LogP contribution is -2.53. The van der Waals surface area contributed by atoms with Gasteiger partial charge in [0.2, 0.25) is 5.91 Å². The summed E-state index contributed by atoms with van der Waals surface area (Å²) in [6.07, 6.45) is 0. The highest BCUT2D eigenvalue weighted by Gasteiger charge is 2.18. The second-order valence-electron chi connectivity index (χ2n) is 4.00. The number of piperazine rings is 1. The standard InChI is InChI=1S/C10H20N4O2/c1-3-11-10(16)13-9(15)7-14-5-4-12-8(2)6-14/h8,12H,3-7H2,1-2H3,(H2,11,13,15,16)/t8-/m1/s1. The van der Waals surface area contributed by atoms with Crippen LogP contribution in [-0.4, -0.2) is 55.6 Å². The van der Waals surface area contributed by atoms with Crippen LogP contribution in [0.2, 0.25) is 0 Å². The Balaban J connectivity index is 2.25. The van der Waals surface area contributed by atoms with Gasteiger partial charge in [0.15, 0.2) is 0 Å². The van der Waals surface area contributed by atoms with Crippen LogP contribution in [0.15, 0.2) is 0 Å². The Morgan fingerprint density at radius 2 is 2.25 bits per heavy atom. The van der Waals surface area contributed by atoms with Crippen molar-refractivity contribution in [3.63, 3.8) is 0 Å². The maximum absolute atomic E-state index is 11.5. The molecule has 3 N–H and O–H groups in total. The highest BCUT2D eigenvalue weighted by atomic mass is 16.2. The first-order chi connectivity index (χ1) is 7.61. The molecule has 0 spiro atoms. The summed E-state index contributed by atoms with van der Waals surface area (Å²) < 4.78 is 0. The lowest BCUT2D eigenvalue weighted by atomic mass is 10.2. The van der Waals surface area contributed by atoms with Crippen LogP contribution >= 0.6 is 0 Å². The third-order valence-corrected chi connectivity index (χ3v) is 2.41. The van der Waals surface area contributed by atoms with Crippen LogP contribution in [0.25, 0.3) is 0 Å². The molecule has 1 aliphatic heterocycles. The van der Waals surface area contributed by atoms with Gasteiger partial charge in [-0.3, -0.25) is 15.0 Å². The molecule has 6 heteroatoms. The largest absolute Gasteiger partial charge is 0.338 e. The SMILES string of the molecule is CCNC(=O)NC(=O)CN1CCN[C@H](C)C1. The molecule has 3 amide bonds. The van der Waals surface area contributed by atoms with E-state index in [1.54, 1.807) is 0 Å². The summed E-state index contributed by atoms with van der Waals surface area (Å²) >= 11 is 0. The molecule has 1 heterocycles. The van der Waals surface area contributed by atoms with E-state index >= 15 is 0 Å². The zero-order chi connectivity index (χ0) is 12.0. The average Bonchev–Trinajstić information content (AvgIpc) is 2.17. The molecule has 0 radical (unpaired) electrons. The fourth-order valence-corrected chi connectivity index (χ4v) is 1.73. The van der Waals surface area contributed by atoms with Crippen molar-refractivity contribution in [3.05, 3.63) is 0 Å². The van der Waals surface area contributed by atoms with Crippen molar-refractivity contribution in [2.45, 2.75) is 19.9 Å². The predicted molar refractivity (Wildman–Crippen MR) is 61.1 cm³/mol. The summed E-state index contributed by atoms with van der Waals surface area (Å²) in [4.78, 5) is 24.6. The third-order valence-electron chi connectivity index (χ3n) is 2.41. The smallest absolute Gasteiger partial charge is 0.321 e. The second-order valence-corrected chi connectivity index (χ2v) is 4.00. The molecule has 0 saturated carbocycles. The van der Waals surface area contributed by atoms with Crippen molar-refractivity contribution in [2.24, 2.45) is 0 Å². The number of rotatable bonds is 3. The summed E-state index contributed by atoms with van der Waals surface area (Å²) in [6.45, 7) is 7.24. The van der Waals surface area contributed by atoms with E-state index in [0.717, 1.165) is 19.6 Å². The molecular weight excluding hydrogens is 208 g/mol. The Labute approximate surface area is 95.8 Å². The normalized spacial score (nSPS) is 21.5. The maximum Gasteiger partial charge on any atom is 0.321 e. The summed E-state index contributed by atoms with van der Waals surface area (Å²) in [5.41, 5.74) is 0. The zero-order valence-electron chi connectivity index (χ0n) is 9.88. The van der Waals surface area contributed by atoms with Gasteiger partial charge >= 0.3 is 6.03 Å². The number of hydrogen-bond donors (Lipinski definition) is 3. The number of carbonyl (C=O) groups excluding carboxylic acids is 2. The maximum atomic E-state index is 11.5. The quantitative estimate of drug-likeness (QED) is 0.587. The molecule has 0 aliphatic carbocycles. The predicted octanol–water partition coefficient (Wildman–Crippen LogP) is -0.874. The lowest BCUT2D eigenvalue weighted by molar-refractivity contribution is -0.121. The second kappa shape index (κ2) is 6.44. The van der Waals surface area contributed by atoms with Gasteiger partial charge in [0.05, 0.1) is 6.54 Å². The summed E-state index contributed by atoms with van der Waals surface area (Å²) in [7, 11) is 0. The fourth-order valence-electron chi connectivity index (χ4n) is 1.73. The molecule has 0 aromatic heterocycles. The minimum atomic E-state index is -0.421. The third kappa shape index (κ3) is 4.59. The van der Waals surface area contributed by atoms with Gasteiger partial charge in [0.1, 0.15) is 0 Å². The molecule has 6 nitrogen and oxygen atoms in total. The van der Waals surface area contributed by atoms with Crippen molar-refractivity contribution >= 4 is 11.9 Å². The molecule has 92 valence electrons. The molecule has 1 rings (SSSR count). The fraction of sp³-hybridized carbons (Fsp3) is 0.800. The number of nitrogens with zero attached hydrogens (tertiary/aromatic N) is 1. The van der Waals surface area contributed by atoms with Gasteiger partial charge in [-0.05, 0) is 13.8 Å². The molecule has 1 atom stereocenters. The minimum Gasteiger partial charge on any atom is -0.338 e. The molecule has 0 aromatic carbocycles. The number of imide groups is 1.